The summed E-state index contributed by atoms with van der Waals surface area (Å²) in [6.45, 7) is 0. The number of carbonyl (C=O) groups excluding carboxylic acids is 1. The molecule has 0 aliphatic heterocycles. The number of aromatic nitrogens is 1. The third-order valence-electron chi connectivity index (χ3n) is 3.05. The van der Waals surface area contributed by atoms with Gasteiger partial charge < -0.3 is 4.74 Å². The zero-order chi connectivity index (χ0) is 13.1. The minimum Gasteiger partial charge on any atom is -0.438 e. The second-order valence-electron chi connectivity index (χ2n) is 4.41. The number of allylic oxidation sites excluding steroid dienone is 2. The van der Waals surface area contributed by atoms with Crippen molar-refractivity contribution in [3.8, 4) is 11.6 Å². The van der Waals surface area contributed by atoms with Crippen molar-refractivity contribution in [1.29, 1.82) is 0 Å². The van der Waals surface area contributed by atoms with Crippen molar-refractivity contribution in [1.82, 2.24) is 4.98 Å². The summed E-state index contributed by atoms with van der Waals surface area (Å²) in [5.41, 5.74) is 1.90. The highest BCUT2D eigenvalue weighted by Gasteiger charge is 2.17. The van der Waals surface area contributed by atoms with E-state index in [0.29, 0.717) is 12.3 Å². The second-order valence-corrected chi connectivity index (χ2v) is 4.41. The van der Waals surface area contributed by atoms with Crippen molar-refractivity contribution in [2.45, 2.75) is 12.8 Å². The Hall–Kier alpha value is -2.42. The molecule has 1 heterocycles. The van der Waals surface area contributed by atoms with Gasteiger partial charge in [0.1, 0.15) is 5.75 Å². The molecule has 19 heavy (non-hydrogen) atoms. The zero-order valence-electron chi connectivity index (χ0n) is 10.4. The summed E-state index contributed by atoms with van der Waals surface area (Å²) < 4.78 is 5.79. The highest BCUT2D eigenvalue weighted by Crippen LogP contribution is 2.33. The molecule has 0 unspecified atom stereocenters. The molecule has 3 heteroatoms. The maximum absolute atomic E-state index is 11.4. The van der Waals surface area contributed by atoms with Gasteiger partial charge in [-0.05, 0) is 42.3 Å². The summed E-state index contributed by atoms with van der Waals surface area (Å²) in [6.07, 6.45) is 4.72. The average molecular weight is 251 g/mol. The third kappa shape index (κ3) is 2.55. The molecule has 0 saturated heterocycles. The number of hydrogen-bond acceptors (Lipinski definition) is 3. The topological polar surface area (TPSA) is 39.2 Å². The minimum absolute atomic E-state index is 0.171. The van der Waals surface area contributed by atoms with Gasteiger partial charge in [0.05, 0.1) is 0 Å². The van der Waals surface area contributed by atoms with Crippen molar-refractivity contribution in [2.75, 3.05) is 0 Å². The predicted octanol–water partition coefficient (Wildman–Crippen LogP) is 3.62. The first-order valence-electron chi connectivity index (χ1n) is 6.24. The largest absolute Gasteiger partial charge is 0.438 e. The Labute approximate surface area is 111 Å². The predicted molar refractivity (Wildman–Crippen MR) is 73.0 cm³/mol. The van der Waals surface area contributed by atoms with Gasteiger partial charge in [0, 0.05) is 18.2 Å². The molecular weight excluding hydrogens is 238 g/mol. The molecular formula is C16H13NO2. The van der Waals surface area contributed by atoms with Gasteiger partial charge in [-0.3, -0.25) is 4.79 Å². The van der Waals surface area contributed by atoms with E-state index in [1.54, 1.807) is 12.3 Å². The van der Waals surface area contributed by atoms with Crippen LogP contribution in [0, 0.1) is 0 Å². The molecule has 1 aromatic carbocycles. The fourth-order valence-corrected chi connectivity index (χ4v) is 2.13. The first kappa shape index (κ1) is 11.7. The van der Waals surface area contributed by atoms with Gasteiger partial charge in [-0.2, -0.15) is 0 Å². The molecule has 94 valence electrons. The van der Waals surface area contributed by atoms with Crippen LogP contribution in [0.25, 0.3) is 5.57 Å². The zero-order valence-corrected chi connectivity index (χ0v) is 10.4. The minimum atomic E-state index is 0.171. The van der Waals surface area contributed by atoms with Crippen LogP contribution < -0.4 is 4.74 Å². The van der Waals surface area contributed by atoms with Crippen molar-refractivity contribution in [2.24, 2.45) is 0 Å². The molecule has 1 aliphatic rings. The van der Waals surface area contributed by atoms with E-state index in [1.807, 2.05) is 42.5 Å². The van der Waals surface area contributed by atoms with E-state index in [4.69, 9.17) is 4.74 Å². The van der Waals surface area contributed by atoms with Crippen molar-refractivity contribution in [3.05, 3.63) is 60.3 Å². The lowest BCUT2D eigenvalue weighted by atomic mass is 10.1. The maximum atomic E-state index is 11.4. The van der Waals surface area contributed by atoms with Crippen molar-refractivity contribution < 1.29 is 9.53 Å². The molecule has 0 spiro atoms. The van der Waals surface area contributed by atoms with E-state index in [0.717, 1.165) is 23.3 Å². The Kier molecular flexibility index (Phi) is 3.11. The molecule has 3 rings (SSSR count). The first-order chi connectivity index (χ1) is 9.33. The Bertz CT molecular complexity index is 632. The number of carbonyl (C=O) groups is 1. The number of benzene rings is 1. The van der Waals surface area contributed by atoms with Crippen LogP contribution in [0.3, 0.4) is 0 Å². The van der Waals surface area contributed by atoms with Crippen LogP contribution in [0.4, 0.5) is 0 Å². The lowest BCUT2D eigenvalue weighted by molar-refractivity contribution is -0.114. The van der Waals surface area contributed by atoms with Crippen LogP contribution in [0.5, 0.6) is 11.6 Å². The standard InChI is InChI=1S/C16H13NO2/c18-13-9-8-12(11-13)15-7-4-10-17-16(15)19-14-5-2-1-3-6-14/h1-7,10-11H,8-9H2. The first-order valence-corrected chi connectivity index (χ1v) is 6.24. The van der Waals surface area contributed by atoms with Crippen LogP contribution in [-0.2, 0) is 4.79 Å². The molecule has 1 aliphatic carbocycles. The fraction of sp³-hybridized carbons (Fsp3) is 0.125. The summed E-state index contributed by atoms with van der Waals surface area (Å²) in [5.74, 6) is 1.46. The molecule has 0 radical (unpaired) electrons. The number of pyridine rings is 1. The lowest BCUT2D eigenvalue weighted by Crippen LogP contribution is -1.93. The van der Waals surface area contributed by atoms with Crippen LogP contribution in [0.2, 0.25) is 0 Å². The monoisotopic (exact) mass is 251 g/mol. The van der Waals surface area contributed by atoms with E-state index in [1.165, 1.54) is 0 Å². The van der Waals surface area contributed by atoms with Gasteiger partial charge in [0.25, 0.3) is 0 Å². The normalized spacial score (nSPS) is 14.3. The number of rotatable bonds is 3. The van der Waals surface area contributed by atoms with Gasteiger partial charge in [-0.1, -0.05) is 18.2 Å². The number of ketones is 1. The lowest BCUT2D eigenvalue weighted by Gasteiger charge is -2.10. The average Bonchev–Trinajstić information content (AvgIpc) is 2.87. The van der Waals surface area contributed by atoms with Crippen LogP contribution >= 0.6 is 0 Å². The summed E-state index contributed by atoms with van der Waals surface area (Å²) in [7, 11) is 0. The molecule has 0 bridgehead atoms. The van der Waals surface area contributed by atoms with E-state index in [-0.39, 0.29) is 5.78 Å². The maximum Gasteiger partial charge on any atom is 0.226 e. The van der Waals surface area contributed by atoms with Crippen molar-refractivity contribution in [3.63, 3.8) is 0 Å². The molecule has 2 aromatic rings. The number of hydrogen-bond donors (Lipinski definition) is 0. The highest BCUT2D eigenvalue weighted by molar-refractivity contribution is 6.02. The van der Waals surface area contributed by atoms with Gasteiger partial charge >= 0.3 is 0 Å². The Morgan fingerprint density at radius 1 is 1.00 bits per heavy atom. The molecule has 0 amide bonds. The smallest absolute Gasteiger partial charge is 0.226 e. The number of ether oxygens (including phenoxy) is 1. The third-order valence-corrected chi connectivity index (χ3v) is 3.05. The quantitative estimate of drug-likeness (QED) is 0.836. The Morgan fingerprint density at radius 3 is 2.58 bits per heavy atom. The van der Waals surface area contributed by atoms with Crippen molar-refractivity contribution >= 4 is 11.4 Å². The summed E-state index contributed by atoms with van der Waals surface area (Å²) in [4.78, 5) is 15.6. The van der Waals surface area contributed by atoms with E-state index < -0.39 is 0 Å². The fourth-order valence-electron chi connectivity index (χ4n) is 2.13. The molecule has 0 saturated carbocycles. The van der Waals surface area contributed by atoms with Gasteiger partial charge in [0.15, 0.2) is 5.78 Å². The molecule has 0 fully saturated rings. The molecule has 0 atom stereocenters. The molecule has 1 aromatic heterocycles. The summed E-state index contributed by atoms with van der Waals surface area (Å²) in [5, 5.41) is 0. The molecule has 0 N–H and O–H groups in total. The van der Waals surface area contributed by atoms with E-state index in [9.17, 15) is 4.79 Å². The Balaban J connectivity index is 1.94. The van der Waals surface area contributed by atoms with Gasteiger partial charge in [-0.15, -0.1) is 0 Å². The summed E-state index contributed by atoms with van der Waals surface area (Å²) >= 11 is 0. The van der Waals surface area contributed by atoms with E-state index >= 15 is 0 Å². The van der Waals surface area contributed by atoms with Crippen LogP contribution in [0.1, 0.15) is 18.4 Å². The number of para-hydroxylation sites is 1. The number of nitrogens with zero attached hydrogens (tertiary/aromatic N) is 1. The van der Waals surface area contributed by atoms with Gasteiger partial charge in [0.2, 0.25) is 5.88 Å². The van der Waals surface area contributed by atoms with E-state index in [2.05, 4.69) is 4.98 Å². The highest BCUT2D eigenvalue weighted by atomic mass is 16.5. The van der Waals surface area contributed by atoms with Crippen LogP contribution in [-0.4, -0.2) is 10.8 Å². The van der Waals surface area contributed by atoms with Gasteiger partial charge in [-0.25, -0.2) is 4.98 Å². The Morgan fingerprint density at radius 2 is 1.84 bits per heavy atom. The van der Waals surface area contributed by atoms with Crippen LogP contribution in [0.15, 0.2) is 54.7 Å². The SMILES string of the molecule is O=C1C=C(c2cccnc2Oc2ccccc2)CC1. The summed E-state index contributed by atoms with van der Waals surface area (Å²) in [6, 6.07) is 13.3. The second kappa shape index (κ2) is 5.06. The molecule has 3 nitrogen and oxygen atoms in total.